The van der Waals surface area contributed by atoms with Crippen molar-refractivity contribution in [1.29, 1.82) is 0 Å². The summed E-state index contributed by atoms with van der Waals surface area (Å²) in [7, 11) is 0. The van der Waals surface area contributed by atoms with Crippen molar-refractivity contribution in [2.75, 3.05) is 13.1 Å². The summed E-state index contributed by atoms with van der Waals surface area (Å²) in [5.74, 6) is 0.996. The fourth-order valence-corrected chi connectivity index (χ4v) is 3.39. The minimum atomic E-state index is -0.0755. The van der Waals surface area contributed by atoms with Crippen LogP contribution in [0.4, 0.5) is 0 Å². The summed E-state index contributed by atoms with van der Waals surface area (Å²) >= 11 is 0. The van der Waals surface area contributed by atoms with Gasteiger partial charge in [-0.25, -0.2) is 0 Å². The largest absolute Gasteiger partial charge is 0.336 e. The standard InChI is InChI=1S/C14H26N2O/c1-14(11-15)8-4-5-9-16(14)13(17)10-12-6-2-3-7-12/h12H,2-11,15H2,1H3. The van der Waals surface area contributed by atoms with Gasteiger partial charge in [0.05, 0.1) is 5.54 Å². The molecule has 17 heavy (non-hydrogen) atoms. The average molecular weight is 238 g/mol. The minimum Gasteiger partial charge on any atom is -0.336 e. The van der Waals surface area contributed by atoms with Gasteiger partial charge in [0.2, 0.25) is 5.91 Å². The van der Waals surface area contributed by atoms with Gasteiger partial charge in [0.15, 0.2) is 0 Å². The van der Waals surface area contributed by atoms with E-state index in [0.29, 0.717) is 18.4 Å². The molecule has 0 spiro atoms. The van der Waals surface area contributed by atoms with E-state index in [9.17, 15) is 4.79 Å². The van der Waals surface area contributed by atoms with Crippen molar-refractivity contribution < 1.29 is 4.79 Å². The van der Waals surface area contributed by atoms with Crippen molar-refractivity contribution in [3.05, 3.63) is 0 Å². The van der Waals surface area contributed by atoms with Crippen LogP contribution in [0.1, 0.15) is 58.3 Å². The lowest BCUT2D eigenvalue weighted by molar-refractivity contribution is -0.139. The first-order valence-electron chi connectivity index (χ1n) is 7.16. The van der Waals surface area contributed by atoms with Crippen LogP contribution in [0.15, 0.2) is 0 Å². The Morgan fingerprint density at radius 3 is 2.65 bits per heavy atom. The van der Waals surface area contributed by atoms with E-state index in [1.165, 1.54) is 32.1 Å². The molecule has 0 aromatic heterocycles. The topological polar surface area (TPSA) is 46.3 Å². The molecule has 2 N–H and O–H groups in total. The smallest absolute Gasteiger partial charge is 0.223 e. The third kappa shape index (κ3) is 2.82. The highest BCUT2D eigenvalue weighted by molar-refractivity contribution is 5.77. The number of hydrogen-bond acceptors (Lipinski definition) is 2. The maximum atomic E-state index is 12.4. The van der Waals surface area contributed by atoms with Gasteiger partial charge in [-0.2, -0.15) is 0 Å². The number of nitrogens with two attached hydrogens (primary N) is 1. The summed E-state index contributed by atoms with van der Waals surface area (Å²) in [6.07, 6.45) is 9.30. The lowest BCUT2D eigenvalue weighted by Crippen LogP contribution is -2.56. The van der Waals surface area contributed by atoms with Crippen LogP contribution in [0.5, 0.6) is 0 Å². The molecular weight excluding hydrogens is 212 g/mol. The monoisotopic (exact) mass is 238 g/mol. The van der Waals surface area contributed by atoms with Crippen molar-refractivity contribution in [1.82, 2.24) is 4.90 Å². The number of amides is 1. The molecule has 1 aliphatic carbocycles. The Hall–Kier alpha value is -0.570. The quantitative estimate of drug-likeness (QED) is 0.820. The molecule has 0 radical (unpaired) electrons. The van der Waals surface area contributed by atoms with Gasteiger partial charge in [-0.3, -0.25) is 4.79 Å². The molecule has 1 amide bonds. The summed E-state index contributed by atoms with van der Waals surface area (Å²) in [5, 5.41) is 0. The van der Waals surface area contributed by atoms with Gasteiger partial charge in [0, 0.05) is 19.5 Å². The Bertz CT molecular complexity index is 273. The molecule has 3 heteroatoms. The lowest BCUT2D eigenvalue weighted by atomic mass is 9.87. The third-order valence-electron chi connectivity index (χ3n) is 4.68. The molecule has 1 atom stereocenters. The van der Waals surface area contributed by atoms with E-state index in [4.69, 9.17) is 5.73 Å². The number of carbonyl (C=O) groups excluding carboxylic acids is 1. The van der Waals surface area contributed by atoms with Crippen molar-refractivity contribution in [2.24, 2.45) is 11.7 Å². The van der Waals surface area contributed by atoms with Crippen LogP contribution >= 0.6 is 0 Å². The number of piperidine rings is 1. The fourth-order valence-electron chi connectivity index (χ4n) is 3.39. The maximum Gasteiger partial charge on any atom is 0.223 e. The van der Waals surface area contributed by atoms with Crippen molar-refractivity contribution in [2.45, 2.75) is 63.8 Å². The average Bonchev–Trinajstić information content (AvgIpc) is 2.82. The normalized spacial score (nSPS) is 30.8. The summed E-state index contributed by atoms with van der Waals surface area (Å²) in [5.41, 5.74) is 5.80. The Balaban J connectivity index is 1.95. The number of nitrogens with zero attached hydrogens (tertiary/aromatic N) is 1. The summed E-state index contributed by atoms with van der Waals surface area (Å²) in [6.45, 7) is 3.67. The Labute approximate surface area is 105 Å². The van der Waals surface area contributed by atoms with Gasteiger partial charge in [-0.05, 0) is 44.9 Å². The molecule has 1 saturated heterocycles. The van der Waals surface area contributed by atoms with Crippen LogP contribution in [0.25, 0.3) is 0 Å². The van der Waals surface area contributed by atoms with Gasteiger partial charge in [0.25, 0.3) is 0 Å². The molecule has 1 heterocycles. The van der Waals surface area contributed by atoms with Crippen LogP contribution in [0.2, 0.25) is 0 Å². The molecule has 0 bridgehead atoms. The highest BCUT2D eigenvalue weighted by Crippen LogP contribution is 2.32. The molecule has 2 rings (SSSR count). The van der Waals surface area contributed by atoms with Gasteiger partial charge in [-0.1, -0.05) is 12.8 Å². The fraction of sp³-hybridized carbons (Fsp3) is 0.929. The van der Waals surface area contributed by atoms with Crippen LogP contribution < -0.4 is 5.73 Å². The Kier molecular flexibility index (Phi) is 4.08. The van der Waals surface area contributed by atoms with Gasteiger partial charge in [0.1, 0.15) is 0 Å². The van der Waals surface area contributed by atoms with Crippen LogP contribution in [0, 0.1) is 5.92 Å². The van der Waals surface area contributed by atoms with Crippen molar-refractivity contribution >= 4 is 5.91 Å². The van der Waals surface area contributed by atoms with E-state index in [1.54, 1.807) is 0 Å². The predicted molar refractivity (Wildman–Crippen MR) is 69.6 cm³/mol. The SMILES string of the molecule is CC1(CN)CCCCN1C(=O)CC1CCCC1. The van der Waals surface area contributed by atoms with Crippen LogP contribution in [-0.4, -0.2) is 29.4 Å². The van der Waals surface area contributed by atoms with E-state index in [1.807, 2.05) is 0 Å². The van der Waals surface area contributed by atoms with E-state index in [0.717, 1.165) is 25.8 Å². The second-order valence-electron chi connectivity index (χ2n) is 6.06. The molecule has 2 fully saturated rings. The van der Waals surface area contributed by atoms with Crippen LogP contribution in [-0.2, 0) is 4.79 Å². The zero-order valence-electron chi connectivity index (χ0n) is 11.1. The number of hydrogen-bond donors (Lipinski definition) is 1. The van der Waals surface area contributed by atoms with Gasteiger partial charge in [-0.15, -0.1) is 0 Å². The molecule has 1 unspecified atom stereocenters. The Morgan fingerprint density at radius 2 is 2.00 bits per heavy atom. The molecule has 0 aromatic carbocycles. The van der Waals surface area contributed by atoms with Gasteiger partial charge < -0.3 is 10.6 Å². The first-order valence-corrected chi connectivity index (χ1v) is 7.16. The van der Waals surface area contributed by atoms with E-state index in [2.05, 4.69) is 11.8 Å². The number of likely N-dealkylation sites (tertiary alicyclic amines) is 1. The second-order valence-corrected chi connectivity index (χ2v) is 6.06. The van der Waals surface area contributed by atoms with Crippen LogP contribution in [0.3, 0.4) is 0 Å². The number of rotatable bonds is 3. The third-order valence-corrected chi connectivity index (χ3v) is 4.68. The van der Waals surface area contributed by atoms with Gasteiger partial charge >= 0.3 is 0 Å². The van der Waals surface area contributed by atoms with Crippen molar-refractivity contribution in [3.8, 4) is 0 Å². The zero-order chi connectivity index (χ0) is 12.3. The lowest BCUT2D eigenvalue weighted by Gasteiger charge is -2.44. The summed E-state index contributed by atoms with van der Waals surface area (Å²) < 4.78 is 0. The first-order chi connectivity index (χ1) is 8.15. The zero-order valence-corrected chi connectivity index (χ0v) is 11.1. The molecule has 0 aromatic rings. The highest BCUT2D eigenvalue weighted by atomic mass is 16.2. The molecule has 2 aliphatic rings. The highest BCUT2D eigenvalue weighted by Gasteiger charge is 2.36. The molecule has 1 aliphatic heterocycles. The van der Waals surface area contributed by atoms with E-state index >= 15 is 0 Å². The minimum absolute atomic E-state index is 0.0755. The molecule has 98 valence electrons. The molecular formula is C14H26N2O. The summed E-state index contributed by atoms with van der Waals surface area (Å²) in [4.78, 5) is 14.5. The summed E-state index contributed by atoms with van der Waals surface area (Å²) in [6, 6.07) is 0. The first kappa shape index (κ1) is 12.9. The number of carbonyl (C=O) groups is 1. The van der Waals surface area contributed by atoms with Crippen molar-refractivity contribution in [3.63, 3.8) is 0 Å². The maximum absolute atomic E-state index is 12.4. The van der Waals surface area contributed by atoms with E-state index in [-0.39, 0.29) is 5.54 Å². The molecule has 3 nitrogen and oxygen atoms in total. The Morgan fingerprint density at radius 1 is 1.29 bits per heavy atom. The second kappa shape index (κ2) is 5.38. The molecule has 1 saturated carbocycles. The van der Waals surface area contributed by atoms with E-state index < -0.39 is 0 Å². The predicted octanol–water partition coefficient (Wildman–Crippen LogP) is 2.30.